The third kappa shape index (κ3) is 4.14. The summed E-state index contributed by atoms with van der Waals surface area (Å²) < 4.78 is 18.7. The number of piperidine rings is 1. The number of rotatable bonds is 5. The van der Waals surface area contributed by atoms with Gasteiger partial charge in [0.05, 0.1) is 29.3 Å². The summed E-state index contributed by atoms with van der Waals surface area (Å²) in [7, 11) is 1.55. The first-order valence-electron chi connectivity index (χ1n) is 9.66. The van der Waals surface area contributed by atoms with Crippen LogP contribution in [0.2, 0.25) is 0 Å². The summed E-state index contributed by atoms with van der Waals surface area (Å²) in [6, 6.07) is 9.94. The number of nitrogens with zero attached hydrogens (tertiary/aromatic N) is 1. The molecule has 0 spiro atoms. The van der Waals surface area contributed by atoms with Gasteiger partial charge in [-0.25, -0.2) is 4.39 Å². The Bertz CT molecular complexity index is 1040. The van der Waals surface area contributed by atoms with E-state index in [4.69, 9.17) is 4.74 Å². The maximum absolute atomic E-state index is 13.1. The number of methoxy groups -OCH3 is 1. The van der Waals surface area contributed by atoms with Crippen molar-refractivity contribution in [2.24, 2.45) is 0 Å². The molecular weight excluding hydrogens is 371 g/mol. The molecule has 1 saturated heterocycles. The number of halogens is 1. The molecule has 3 aromatic rings. The Morgan fingerprint density at radius 2 is 1.93 bits per heavy atom. The molecule has 0 radical (unpaired) electrons. The minimum Gasteiger partial charge on any atom is -0.495 e. The molecule has 0 atom stereocenters. The number of H-pyrrole nitrogens is 1. The molecule has 1 amide bonds. The molecule has 1 aromatic heterocycles. The van der Waals surface area contributed by atoms with Crippen LogP contribution in [0.4, 0.5) is 4.39 Å². The molecule has 0 unspecified atom stereocenters. The van der Waals surface area contributed by atoms with Crippen LogP contribution in [0.3, 0.4) is 0 Å². The van der Waals surface area contributed by atoms with Crippen molar-refractivity contribution in [3.63, 3.8) is 0 Å². The molecular formula is C22H23FN4O2. The zero-order chi connectivity index (χ0) is 20.2. The van der Waals surface area contributed by atoms with Crippen molar-refractivity contribution in [3.05, 3.63) is 59.0 Å². The van der Waals surface area contributed by atoms with Gasteiger partial charge in [0.1, 0.15) is 11.6 Å². The van der Waals surface area contributed by atoms with E-state index in [1.807, 2.05) is 18.2 Å². The zero-order valence-corrected chi connectivity index (χ0v) is 16.2. The first kappa shape index (κ1) is 19.1. The number of carbonyl (C=O) groups is 1. The lowest BCUT2D eigenvalue weighted by Gasteiger charge is -2.24. The third-order valence-electron chi connectivity index (χ3n) is 5.14. The molecule has 1 fully saturated rings. The van der Waals surface area contributed by atoms with Crippen LogP contribution in [0.15, 0.2) is 36.4 Å². The van der Waals surface area contributed by atoms with Crippen LogP contribution in [-0.4, -0.2) is 42.3 Å². The summed E-state index contributed by atoms with van der Waals surface area (Å²) in [5, 5.41) is 14.5. The van der Waals surface area contributed by atoms with Crippen molar-refractivity contribution >= 4 is 29.0 Å². The fourth-order valence-electron chi connectivity index (χ4n) is 3.60. The quantitative estimate of drug-likeness (QED) is 0.620. The molecule has 0 bridgehead atoms. The van der Waals surface area contributed by atoms with Crippen LogP contribution in [0.5, 0.6) is 5.75 Å². The summed E-state index contributed by atoms with van der Waals surface area (Å²) in [5.74, 6) is 0.0604. The molecule has 2 heterocycles. The molecule has 1 aliphatic rings. The number of fused-ring (bicyclic) bond motifs is 1. The van der Waals surface area contributed by atoms with Gasteiger partial charge in [-0.2, -0.15) is 5.10 Å². The van der Waals surface area contributed by atoms with Gasteiger partial charge < -0.3 is 15.4 Å². The van der Waals surface area contributed by atoms with Crippen molar-refractivity contribution in [3.8, 4) is 5.75 Å². The number of hydrogen-bond acceptors (Lipinski definition) is 4. The average molecular weight is 394 g/mol. The van der Waals surface area contributed by atoms with Gasteiger partial charge >= 0.3 is 0 Å². The molecule has 2 aromatic carbocycles. The Balaban J connectivity index is 1.65. The van der Waals surface area contributed by atoms with Crippen LogP contribution in [-0.2, 0) is 0 Å². The molecule has 150 valence electrons. The fraction of sp³-hybridized carbons (Fsp3) is 0.273. The number of aromatic nitrogens is 2. The number of ether oxygens (including phenoxy) is 1. The summed E-state index contributed by atoms with van der Waals surface area (Å²) in [4.78, 5) is 12.9. The molecule has 1 aliphatic heterocycles. The van der Waals surface area contributed by atoms with E-state index >= 15 is 0 Å². The van der Waals surface area contributed by atoms with Crippen molar-refractivity contribution in [1.29, 1.82) is 0 Å². The highest BCUT2D eigenvalue weighted by Gasteiger charge is 2.22. The van der Waals surface area contributed by atoms with Gasteiger partial charge in [0.25, 0.3) is 5.91 Å². The zero-order valence-electron chi connectivity index (χ0n) is 16.2. The third-order valence-corrected chi connectivity index (χ3v) is 5.14. The Labute approximate surface area is 168 Å². The van der Waals surface area contributed by atoms with Gasteiger partial charge in [-0.05, 0) is 61.8 Å². The van der Waals surface area contributed by atoms with E-state index in [1.54, 1.807) is 25.3 Å². The van der Waals surface area contributed by atoms with Gasteiger partial charge in [0.15, 0.2) is 0 Å². The molecule has 7 heteroatoms. The van der Waals surface area contributed by atoms with Crippen molar-refractivity contribution in [1.82, 2.24) is 20.8 Å². The number of hydrogen-bond donors (Lipinski definition) is 3. The van der Waals surface area contributed by atoms with E-state index in [1.165, 1.54) is 12.1 Å². The summed E-state index contributed by atoms with van der Waals surface area (Å²) in [6.07, 6.45) is 5.49. The molecule has 4 rings (SSSR count). The fourth-order valence-corrected chi connectivity index (χ4v) is 3.60. The number of amides is 1. The topological polar surface area (TPSA) is 79.0 Å². The second-order valence-electron chi connectivity index (χ2n) is 7.06. The van der Waals surface area contributed by atoms with E-state index in [0.717, 1.165) is 42.4 Å². The van der Waals surface area contributed by atoms with Crippen molar-refractivity contribution in [2.45, 2.75) is 18.9 Å². The van der Waals surface area contributed by atoms with E-state index in [2.05, 4.69) is 20.8 Å². The SMILES string of the molecule is COc1c(C(=O)NC2CCNCC2)ccc2[nH]nc(C=Cc3ccc(F)cc3)c12. The maximum atomic E-state index is 13.1. The Morgan fingerprint density at radius 1 is 1.17 bits per heavy atom. The molecule has 6 nitrogen and oxygen atoms in total. The van der Waals surface area contributed by atoms with E-state index in [-0.39, 0.29) is 17.8 Å². The predicted octanol–water partition coefficient (Wildman–Crippen LogP) is 3.36. The van der Waals surface area contributed by atoms with Crippen LogP contribution in [0.1, 0.15) is 34.5 Å². The van der Waals surface area contributed by atoms with E-state index in [9.17, 15) is 9.18 Å². The summed E-state index contributed by atoms with van der Waals surface area (Å²) in [5.41, 5.74) is 2.76. The maximum Gasteiger partial charge on any atom is 0.255 e. The van der Waals surface area contributed by atoms with Gasteiger partial charge in [0.2, 0.25) is 0 Å². The van der Waals surface area contributed by atoms with Crippen LogP contribution in [0.25, 0.3) is 23.1 Å². The van der Waals surface area contributed by atoms with Gasteiger partial charge in [-0.1, -0.05) is 18.2 Å². The Hall–Kier alpha value is -3.19. The first-order valence-corrected chi connectivity index (χ1v) is 9.66. The largest absolute Gasteiger partial charge is 0.495 e. The van der Waals surface area contributed by atoms with Crippen molar-refractivity contribution in [2.75, 3.05) is 20.2 Å². The second-order valence-corrected chi connectivity index (χ2v) is 7.06. The number of nitrogens with one attached hydrogen (secondary N) is 3. The highest BCUT2D eigenvalue weighted by Crippen LogP contribution is 2.32. The first-order chi connectivity index (χ1) is 14.2. The lowest BCUT2D eigenvalue weighted by molar-refractivity contribution is 0.0927. The summed E-state index contributed by atoms with van der Waals surface area (Å²) in [6.45, 7) is 1.81. The van der Waals surface area contributed by atoms with Crippen molar-refractivity contribution < 1.29 is 13.9 Å². The van der Waals surface area contributed by atoms with Gasteiger partial charge in [0, 0.05) is 6.04 Å². The average Bonchev–Trinajstić information content (AvgIpc) is 3.16. The normalized spacial score (nSPS) is 15.1. The molecule has 0 saturated carbocycles. The smallest absolute Gasteiger partial charge is 0.255 e. The minimum absolute atomic E-state index is 0.148. The monoisotopic (exact) mass is 394 g/mol. The molecule has 29 heavy (non-hydrogen) atoms. The van der Waals surface area contributed by atoms with Crippen LogP contribution < -0.4 is 15.4 Å². The van der Waals surface area contributed by atoms with Crippen LogP contribution >= 0.6 is 0 Å². The number of benzene rings is 2. The van der Waals surface area contributed by atoms with E-state index < -0.39 is 0 Å². The Kier molecular flexibility index (Phi) is 5.57. The van der Waals surface area contributed by atoms with Gasteiger partial charge in [-0.3, -0.25) is 9.89 Å². The standard InChI is InChI=1S/C22H23FN4O2/c1-29-21-17(22(28)25-16-10-12-24-13-11-16)7-9-19-20(21)18(26-27-19)8-4-14-2-5-15(23)6-3-14/h2-9,16,24H,10-13H2,1H3,(H,25,28)(H,26,27). The number of carbonyl (C=O) groups excluding carboxylic acids is 1. The van der Waals surface area contributed by atoms with E-state index in [0.29, 0.717) is 17.0 Å². The van der Waals surface area contributed by atoms with Crippen LogP contribution in [0, 0.1) is 5.82 Å². The highest BCUT2D eigenvalue weighted by molar-refractivity contribution is 6.05. The predicted molar refractivity (Wildman–Crippen MR) is 111 cm³/mol. The van der Waals surface area contributed by atoms with Gasteiger partial charge in [-0.15, -0.1) is 0 Å². The Morgan fingerprint density at radius 3 is 2.66 bits per heavy atom. The summed E-state index contributed by atoms with van der Waals surface area (Å²) >= 11 is 0. The second kappa shape index (κ2) is 8.45. The number of aromatic amines is 1. The minimum atomic E-state index is -0.279. The molecule has 3 N–H and O–H groups in total. The lowest BCUT2D eigenvalue weighted by Crippen LogP contribution is -2.42. The molecule has 0 aliphatic carbocycles. The highest BCUT2D eigenvalue weighted by atomic mass is 19.1. The lowest BCUT2D eigenvalue weighted by atomic mass is 10.0.